The molecule has 2 saturated carbocycles. The Labute approximate surface area is 192 Å². The van der Waals surface area contributed by atoms with Crippen molar-refractivity contribution in [1.82, 2.24) is 10.6 Å². The lowest BCUT2D eigenvalue weighted by molar-refractivity contribution is -0.142. The zero-order chi connectivity index (χ0) is 23.1. The molecule has 2 bridgehead atoms. The molecule has 33 heavy (non-hydrogen) atoms. The van der Waals surface area contributed by atoms with Crippen LogP contribution in [0, 0.1) is 17.8 Å². The molecule has 4 unspecified atom stereocenters. The van der Waals surface area contributed by atoms with Gasteiger partial charge in [0, 0.05) is 12.0 Å². The summed E-state index contributed by atoms with van der Waals surface area (Å²) in [6.45, 7) is 1.66. The molecule has 0 spiro atoms. The minimum absolute atomic E-state index is 0.0290. The van der Waals surface area contributed by atoms with E-state index in [1.54, 1.807) is 0 Å². The number of alkyl carbamates (subject to hydrolysis) is 1. The van der Waals surface area contributed by atoms with Gasteiger partial charge in [-0.1, -0.05) is 48.5 Å². The Morgan fingerprint density at radius 1 is 1.00 bits per heavy atom. The maximum absolute atomic E-state index is 12.8. The normalized spacial score (nSPS) is 25.7. The predicted octanol–water partition coefficient (Wildman–Crippen LogP) is 3.53. The molecular weight excluding hydrogens is 420 g/mol. The number of carbonyl (C=O) groups excluding carboxylic acids is 2. The maximum Gasteiger partial charge on any atom is 0.407 e. The zero-order valence-electron chi connectivity index (χ0n) is 18.5. The fourth-order valence-corrected chi connectivity index (χ4v) is 6.02. The molecule has 0 radical (unpaired) electrons. The Kier molecular flexibility index (Phi) is 5.56. The summed E-state index contributed by atoms with van der Waals surface area (Å²) >= 11 is 0. The van der Waals surface area contributed by atoms with Crippen LogP contribution in [0.1, 0.15) is 43.2 Å². The minimum atomic E-state index is -1.08. The van der Waals surface area contributed by atoms with Crippen molar-refractivity contribution in [2.75, 3.05) is 6.61 Å². The van der Waals surface area contributed by atoms with Crippen LogP contribution >= 0.6 is 0 Å². The van der Waals surface area contributed by atoms with E-state index in [-0.39, 0.29) is 36.3 Å². The van der Waals surface area contributed by atoms with Gasteiger partial charge in [-0.3, -0.25) is 9.59 Å². The molecule has 172 valence electrons. The second-order valence-electron chi connectivity index (χ2n) is 9.42. The zero-order valence-corrected chi connectivity index (χ0v) is 18.5. The van der Waals surface area contributed by atoms with E-state index in [9.17, 15) is 14.4 Å². The Bertz CT molecular complexity index is 1050. The summed E-state index contributed by atoms with van der Waals surface area (Å²) in [6, 6.07) is 15.0. The van der Waals surface area contributed by atoms with Crippen LogP contribution in [0.5, 0.6) is 0 Å². The number of carbonyl (C=O) groups is 3. The summed E-state index contributed by atoms with van der Waals surface area (Å²) in [5, 5.41) is 14.6. The van der Waals surface area contributed by atoms with Gasteiger partial charge in [-0.15, -0.1) is 0 Å². The first-order valence-corrected chi connectivity index (χ1v) is 11.6. The van der Waals surface area contributed by atoms with Crippen molar-refractivity contribution < 1.29 is 24.2 Å². The van der Waals surface area contributed by atoms with Gasteiger partial charge in [-0.05, 0) is 60.3 Å². The second-order valence-corrected chi connectivity index (χ2v) is 9.42. The van der Waals surface area contributed by atoms with Crippen molar-refractivity contribution in [3.8, 4) is 11.1 Å². The number of benzene rings is 2. The Balaban J connectivity index is 1.26. The summed E-state index contributed by atoms with van der Waals surface area (Å²) in [7, 11) is 0. The van der Waals surface area contributed by atoms with Crippen molar-refractivity contribution in [2.45, 2.75) is 44.2 Å². The van der Waals surface area contributed by atoms with E-state index in [0.29, 0.717) is 0 Å². The van der Waals surface area contributed by atoms with E-state index < -0.39 is 24.0 Å². The van der Waals surface area contributed by atoms with Crippen LogP contribution in [0.4, 0.5) is 4.79 Å². The van der Waals surface area contributed by atoms with Gasteiger partial charge in [0.25, 0.3) is 0 Å². The van der Waals surface area contributed by atoms with Crippen LogP contribution < -0.4 is 10.6 Å². The highest BCUT2D eigenvalue weighted by atomic mass is 16.5. The highest BCUT2D eigenvalue weighted by Crippen LogP contribution is 2.49. The number of ether oxygens (including phenoxy) is 1. The van der Waals surface area contributed by atoms with E-state index in [2.05, 4.69) is 34.9 Å². The summed E-state index contributed by atoms with van der Waals surface area (Å²) in [4.78, 5) is 36.8. The number of nitrogens with one attached hydrogen (secondary N) is 2. The summed E-state index contributed by atoms with van der Waals surface area (Å²) in [6.07, 6.45) is 2.22. The van der Waals surface area contributed by atoms with Crippen molar-refractivity contribution in [1.29, 1.82) is 0 Å². The lowest BCUT2D eigenvalue weighted by Crippen LogP contribution is -2.52. The molecule has 2 amide bonds. The van der Waals surface area contributed by atoms with E-state index in [1.807, 2.05) is 24.3 Å². The largest absolute Gasteiger partial charge is 0.480 e. The molecule has 5 rings (SSSR count). The number of hydrogen-bond acceptors (Lipinski definition) is 4. The average molecular weight is 449 g/mol. The minimum Gasteiger partial charge on any atom is -0.480 e. The number of carboxylic acids is 1. The monoisotopic (exact) mass is 448 g/mol. The van der Waals surface area contributed by atoms with Gasteiger partial charge >= 0.3 is 12.1 Å². The van der Waals surface area contributed by atoms with E-state index >= 15 is 0 Å². The Morgan fingerprint density at radius 3 is 2.24 bits per heavy atom. The SMILES string of the molecule is C[C@H](NC(=O)C1C2CCC(C2)C1NC(=O)OCC1c2ccccc2-c2ccccc21)C(=O)O. The van der Waals surface area contributed by atoms with Gasteiger partial charge in [0.05, 0.1) is 5.92 Å². The third-order valence-electron chi connectivity index (χ3n) is 7.58. The smallest absolute Gasteiger partial charge is 0.407 e. The first-order valence-electron chi connectivity index (χ1n) is 11.6. The number of carboxylic acid groups (broad SMARTS) is 1. The maximum atomic E-state index is 12.8. The van der Waals surface area contributed by atoms with Crippen LogP contribution in [0.15, 0.2) is 48.5 Å². The molecule has 3 aliphatic carbocycles. The lowest BCUT2D eigenvalue weighted by Gasteiger charge is -2.31. The lowest BCUT2D eigenvalue weighted by atomic mass is 9.83. The Hall–Kier alpha value is -3.35. The van der Waals surface area contributed by atoms with Crippen LogP contribution in [0.2, 0.25) is 0 Å². The molecule has 7 nitrogen and oxygen atoms in total. The molecule has 2 aromatic carbocycles. The first-order chi connectivity index (χ1) is 15.9. The van der Waals surface area contributed by atoms with Crippen molar-refractivity contribution in [2.24, 2.45) is 17.8 Å². The van der Waals surface area contributed by atoms with Crippen LogP contribution in [0.3, 0.4) is 0 Å². The number of aliphatic carboxylic acids is 1. The third kappa shape index (κ3) is 3.86. The van der Waals surface area contributed by atoms with Crippen LogP contribution in [-0.2, 0) is 14.3 Å². The van der Waals surface area contributed by atoms with Gasteiger partial charge in [-0.25, -0.2) is 4.79 Å². The molecule has 5 atom stereocenters. The van der Waals surface area contributed by atoms with Gasteiger partial charge in [0.15, 0.2) is 0 Å². The van der Waals surface area contributed by atoms with Gasteiger partial charge < -0.3 is 20.5 Å². The van der Waals surface area contributed by atoms with Crippen LogP contribution in [-0.4, -0.2) is 41.8 Å². The highest BCUT2D eigenvalue weighted by Gasteiger charge is 2.51. The van der Waals surface area contributed by atoms with Gasteiger partial charge in [0.2, 0.25) is 5.91 Å². The van der Waals surface area contributed by atoms with Crippen molar-refractivity contribution in [3.05, 3.63) is 59.7 Å². The highest BCUT2D eigenvalue weighted by molar-refractivity contribution is 5.86. The van der Waals surface area contributed by atoms with Crippen LogP contribution in [0.25, 0.3) is 11.1 Å². The fraction of sp³-hybridized carbons (Fsp3) is 0.423. The second kappa shape index (κ2) is 8.54. The first kappa shape index (κ1) is 21.5. The molecule has 3 N–H and O–H groups in total. The predicted molar refractivity (Wildman–Crippen MR) is 122 cm³/mol. The van der Waals surface area contributed by atoms with Gasteiger partial charge in [0.1, 0.15) is 12.6 Å². The van der Waals surface area contributed by atoms with E-state index in [1.165, 1.54) is 18.1 Å². The molecule has 0 saturated heterocycles. The number of amides is 2. The summed E-state index contributed by atoms with van der Waals surface area (Å²) < 4.78 is 5.68. The Morgan fingerprint density at radius 2 is 1.61 bits per heavy atom. The quantitative estimate of drug-likeness (QED) is 0.627. The van der Waals surface area contributed by atoms with Crippen molar-refractivity contribution >= 4 is 18.0 Å². The molecule has 7 heteroatoms. The molecule has 3 aliphatic rings. The van der Waals surface area contributed by atoms with Gasteiger partial charge in [-0.2, -0.15) is 0 Å². The molecule has 2 fully saturated rings. The van der Waals surface area contributed by atoms with E-state index in [0.717, 1.165) is 30.4 Å². The topological polar surface area (TPSA) is 105 Å². The molecule has 0 aliphatic heterocycles. The standard InChI is InChI=1S/C26H28N2O5/c1-14(25(30)31)27-24(29)22-15-10-11-16(12-15)23(22)28-26(32)33-13-21-19-8-4-2-6-17(19)18-7-3-5-9-20(18)21/h2-9,14-16,21-23H,10-13H2,1H3,(H,27,29)(H,28,32)(H,30,31)/t14-,15?,16?,22?,23?/m0/s1. The average Bonchev–Trinajstić information content (AvgIpc) is 3.49. The summed E-state index contributed by atoms with van der Waals surface area (Å²) in [5.41, 5.74) is 4.62. The fourth-order valence-electron chi connectivity index (χ4n) is 6.02. The van der Waals surface area contributed by atoms with E-state index in [4.69, 9.17) is 9.84 Å². The van der Waals surface area contributed by atoms with Crippen molar-refractivity contribution in [3.63, 3.8) is 0 Å². The third-order valence-corrected chi connectivity index (χ3v) is 7.58. The molecule has 0 heterocycles. The molecular formula is C26H28N2O5. The number of rotatable bonds is 6. The molecule has 0 aromatic heterocycles. The number of hydrogen-bond donors (Lipinski definition) is 3. The molecule has 2 aromatic rings. The number of fused-ring (bicyclic) bond motifs is 5. The summed E-state index contributed by atoms with van der Waals surface area (Å²) in [5.74, 6) is -1.46.